The van der Waals surface area contributed by atoms with Crippen LogP contribution in [-0.4, -0.2) is 23.0 Å². The van der Waals surface area contributed by atoms with Gasteiger partial charge in [0.05, 0.1) is 36.2 Å². The smallest absolute Gasteiger partial charge is 0.275 e. The molecule has 27 heavy (non-hydrogen) atoms. The highest BCUT2D eigenvalue weighted by Crippen LogP contribution is 2.27. The zero-order valence-corrected chi connectivity index (χ0v) is 15.0. The van der Waals surface area contributed by atoms with Crippen LogP contribution in [0.25, 0.3) is 0 Å². The first kappa shape index (κ1) is 18.2. The summed E-state index contributed by atoms with van der Waals surface area (Å²) in [5.41, 5.74) is 2.00. The maximum atomic E-state index is 12.3. The number of hydrogen-bond acceptors (Lipinski definition) is 6. The quantitative estimate of drug-likeness (QED) is 0.694. The summed E-state index contributed by atoms with van der Waals surface area (Å²) in [5, 5.41) is 14.9. The number of nitrogens with one attached hydrogen (secondary N) is 2. The van der Waals surface area contributed by atoms with E-state index in [9.17, 15) is 4.79 Å². The number of halogens is 1. The van der Waals surface area contributed by atoms with E-state index in [4.69, 9.17) is 21.6 Å². The molecule has 8 heteroatoms. The van der Waals surface area contributed by atoms with Crippen LogP contribution in [0.5, 0.6) is 5.75 Å². The third-order valence-corrected chi connectivity index (χ3v) is 3.88. The predicted molar refractivity (Wildman–Crippen MR) is 102 cm³/mol. The van der Waals surface area contributed by atoms with E-state index in [1.165, 1.54) is 19.5 Å². The summed E-state index contributed by atoms with van der Waals surface area (Å²) in [5.74, 6) is 0.588. The van der Waals surface area contributed by atoms with Crippen molar-refractivity contribution in [1.29, 1.82) is 5.26 Å². The summed E-state index contributed by atoms with van der Waals surface area (Å²) in [6.45, 7) is 0. The van der Waals surface area contributed by atoms with Gasteiger partial charge in [0.1, 0.15) is 17.3 Å². The molecule has 0 aliphatic carbocycles. The van der Waals surface area contributed by atoms with Crippen LogP contribution in [0.15, 0.2) is 54.9 Å². The predicted octanol–water partition coefficient (Wildman–Crippen LogP) is 4.01. The molecule has 0 saturated carbocycles. The molecule has 0 radical (unpaired) electrons. The number of carbonyl (C=O) groups is 1. The van der Waals surface area contributed by atoms with Crippen LogP contribution in [0.2, 0.25) is 5.02 Å². The second kappa shape index (κ2) is 8.17. The number of hydrogen-bond donors (Lipinski definition) is 2. The molecule has 0 saturated heterocycles. The fourth-order valence-electron chi connectivity index (χ4n) is 2.23. The minimum Gasteiger partial charge on any atom is -0.495 e. The summed E-state index contributed by atoms with van der Waals surface area (Å²) in [4.78, 5) is 20.6. The van der Waals surface area contributed by atoms with Gasteiger partial charge in [0, 0.05) is 11.4 Å². The van der Waals surface area contributed by atoms with Crippen LogP contribution in [-0.2, 0) is 0 Å². The number of aromatic nitrogens is 2. The van der Waals surface area contributed by atoms with Crippen molar-refractivity contribution in [2.75, 3.05) is 17.7 Å². The summed E-state index contributed by atoms with van der Waals surface area (Å²) < 4.78 is 5.07. The molecule has 0 fully saturated rings. The van der Waals surface area contributed by atoms with E-state index >= 15 is 0 Å². The van der Waals surface area contributed by atoms with Crippen molar-refractivity contribution in [2.24, 2.45) is 0 Å². The molecular formula is C19H14ClN5O2. The summed E-state index contributed by atoms with van der Waals surface area (Å²) >= 11 is 6.05. The third kappa shape index (κ3) is 4.51. The number of amides is 1. The van der Waals surface area contributed by atoms with Gasteiger partial charge in [-0.05, 0) is 42.5 Å². The van der Waals surface area contributed by atoms with Gasteiger partial charge >= 0.3 is 0 Å². The Kier molecular flexibility index (Phi) is 5.50. The van der Waals surface area contributed by atoms with Crippen molar-refractivity contribution in [3.63, 3.8) is 0 Å². The standard InChI is InChI=1S/C19H14ClN5O2/c1-27-17-7-6-14(8-15(17)20)25-19(26)16-10-23-18(11-22-16)24-13-4-2-12(9-21)3-5-13/h2-8,10-11H,1H3,(H,23,24)(H,25,26). The largest absolute Gasteiger partial charge is 0.495 e. The first-order valence-corrected chi connectivity index (χ1v) is 8.21. The van der Waals surface area contributed by atoms with Crippen molar-refractivity contribution < 1.29 is 9.53 Å². The maximum absolute atomic E-state index is 12.3. The van der Waals surface area contributed by atoms with Gasteiger partial charge in [0.25, 0.3) is 5.91 Å². The molecule has 1 heterocycles. The van der Waals surface area contributed by atoms with E-state index in [-0.39, 0.29) is 5.69 Å². The van der Waals surface area contributed by atoms with Crippen LogP contribution < -0.4 is 15.4 Å². The van der Waals surface area contributed by atoms with Crippen LogP contribution in [0.4, 0.5) is 17.2 Å². The zero-order valence-electron chi connectivity index (χ0n) is 14.2. The van der Waals surface area contributed by atoms with Crippen LogP contribution in [0, 0.1) is 11.3 Å². The van der Waals surface area contributed by atoms with Gasteiger partial charge in [-0.1, -0.05) is 11.6 Å². The lowest BCUT2D eigenvalue weighted by atomic mass is 10.2. The first-order chi connectivity index (χ1) is 13.1. The van der Waals surface area contributed by atoms with Crippen LogP contribution in [0.3, 0.4) is 0 Å². The lowest BCUT2D eigenvalue weighted by molar-refractivity contribution is 0.102. The fraction of sp³-hybridized carbons (Fsp3) is 0.0526. The first-order valence-electron chi connectivity index (χ1n) is 7.83. The van der Waals surface area contributed by atoms with E-state index in [0.29, 0.717) is 27.8 Å². The Morgan fingerprint density at radius 2 is 1.85 bits per heavy atom. The van der Waals surface area contributed by atoms with Crippen molar-refractivity contribution in [2.45, 2.75) is 0 Å². The average molecular weight is 380 g/mol. The average Bonchev–Trinajstić information content (AvgIpc) is 2.69. The molecule has 7 nitrogen and oxygen atoms in total. The number of carbonyl (C=O) groups excluding carboxylic acids is 1. The Morgan fingerprint density at radius 1 is 1.11 bits per heavy atom. The van der Waals surface area contributed by atoms with Gasteiger partial charge in [-0.15, -0.1) is 0 Å². The number of nitriles is 1. The van der Waals surface area contributed by atoms with E-state index in [1.807, 2.05) is 0 Å². The van der Waals surface area contributed by atoms with Crippen LogP contribution >= 0.6 is 11.6 Å². The second-order valence-electron chi connectivity index (χ2n) is 5.40. The van der Waals surface area contributed by atoms with Gasteiger partial charge in [-0.25, -0.2) is 9.97 Å². The van der Waals surface area contributed by atoms with E-state index < -0.39 is 5.91 Å². The Labute approximate surface area is 160 Å². The normalized spacial score (nSPS) is 9.96. The Balaban J connectivity index is 1.66. The fourth-order valence-corrected chi connectivity index (χ4v) is 2.48. The molecule has 2 N–H and O–H groups in total. The van der Waals surface area contributed by atoms with Crippen LogP contribution in [0.1, 0.15) is 16.1 Å². The molecule has 3 rings (SSSR count). The van der Waals surface area contributed by atoms with E-state index in [1.54, 1.807) is 42.5 Å². The monoisotopic (exact) mass is 379 g/mol. The van der Waals surface area contributed by atoms with Crippen molar-refractivity contribution in [3.8, 4) is 11.8 Å². The Morgan fingerprint density at radius 3 is 2.44 bits per heavy atom. The number of benzene rings is 2. The van der Waals surface area contributed by atoms with Gasteiger partial charge in [-0.3, -0.25) is 4.79 Å². The van der Waals surface area contributed by atoms with Gasteiger partial charge in [-0.2, -0.15) is 5.26 Å². The number of anilines is 3. The molecule has 0 bridgehead atoms. The lowest BCUT2D eigenvalue weighted by Crippen LogP contribution is -2.14. The summed E-state index contributed by atoms with van der Waals surface area (Å²) in [7, 11) is 1.52. The topological polar surface area (TPSA) is 99.9 Å². The highest BCUT2D eigenvalue weighted by atomic mass is 35.5. The van der Waals surface area contributed by atoms with Gasteiger partial charge in [0.15, 0.2) is 0 Å². The van der Waals surface area contributed by atoms with E-state index in [0.717, 1.165) is 5.69 Å². The lowest BCUT2D eigenvalue weighted by Gasteiger charge is -2.08. The minimum absolute atomic E-state index is 0.160. The molecule has 1 aromatic heterocycles. The molecule has 3 aromatic rings. The molecular weight excluding hydrogens is 366 g/mol. The van der Waals surface area contributed by atoms with Crippen molar-refractivity contribution in [1.82, 2.24) is 9.97 Å². The minimum atomic E-state index is -0.409. The van der Waals surface area contributed by atoms with Gasteiger partial charge in [0.2, 0.25) is 0 Å². The molecule has 134 valence electrons. The molecule has 0 atom stereocenters. The number of rotatable bonds is 5. The Hall–Kier alpha value is -3.63. The molecule has 1 amide bonds. The highest BCUT2D eigenvalue weighted by Gasteiger charge is 2.10. The maximum Gasteiger partial charge on any atom is 0.275 e. The van der Waals surface area contributed by atoms with E-state index in [2.05, 4.69) is 26.7 Å². The summed E-state index contributed by atoms with van der Waals surface area (Å²) in [6.07, 6.45) is 2.82. The van der Waals surface area contributed by atoms with Crippen molar-refractivity contribution in [3.05, 3.63) is 71.1 Å². The van der Waals surface area contributed by atoms with Gasteiger partial charge < -0.3 is 15.4 Å². The molecule has 0 spiro atoms. The van der Waals surface area contributed by atoms with Crippen molar-refractivity contribution >= 4 is 34.7 Å². The number of nitrogens with zero attached hydrogens (tertiary/aromatic N) is 3. The molecule has 0 aliphatic heterocycles. The molecule has 2 aromatic carbocycles. The summed E-state index contributed by atoms with van der Waals surface area (Å²) in [6, 6.07) is 13.9. The zero-order chi connectivity index (χ0) is 19.2. The Bertz CT molecular complexity index is 998. The molecule has 0 unspecified atom stereocenters. The highest BCUT2D eigenvalue weighted by molar-refractivity contribution is 6.32. The SMILES string of the molecule is COc1ccc(NC(=O)c2cnc(Nc3ccc(C#N)cc3)cn2)cc1Cl. The number of ether oxygens (including phenoxy) is 1. The number of methoxy groups -OCH3 is 1. The third-order valence-electron chi connectivity index (χ3n) is 3.58. The second-order valence-corrected chi connectivity index (χ2v) is 5.81. The molecule has 0 aliphatic rings.